The first-order chi connectivity index (χ1) is 15.6. The van der Waals surface area contributed by atoms with Crippen molar-refractivity contribution in [3.05, 3.63) is 71.4 Å². The van der Waals surface area contributed by atoms with Crippen LogP contribution in [-0.4, -0.2) is 27.0 Å². The van der Waals surface area contributed by atoms with Crippen molar-refractivity contribution < 1.29 is 27.9 Å². The van der Waals surface area contributed by atoms with Crippen LogP contribution in [0.25, 0.3) is 11.3 Å². The van der Waals surface area contributed by atoms with E-state index in [2.05, 4.69) is 9.97 Å². The number of unbranched alkanes of at least 4 members (excludes halogenated alkanes) is 1. The van der Waals surface area contributed by atoms with Gasteiger partial charge < -0.3 is 5.11 Å². The summed E-state index contributed by atoms with van der Waals surface area (Å²) in [6.45, 7) is 0. The molecule has 6 nitrogen and oxygen atoms in total. The number of carbonyl (C=O) groups excluding carboxylic acids is 1. The molecule has 3 aromatic rings. The van der Waals surface area contributed by atoms with Gasteiger partial charge in [-0.1, -0.05) is 23.7 Å². The topological polar surface area (TPSA) is 83.4 Å². The standard InChI is InChI=1S/C23H19ClF3N3O3/c24-17-5-3-4-15(14-17)19-12-13-28-22(29-19)30(20(31)6-1-2-7-21(32)33)18-10-8-16(9-11-18)23(25,26)27/h3-5,8-14H,1-2,6-7H2,(H,32,33). The van der Waals surface area contributed by atoms with E-state index in [4.69, 9.17) is 16.7 Å². The Hall–Kier alpha value is -3.46. The minimum Gasteiger partial charge on any atom is -0.481 e. The number of aromatic nitrogens is 2. The zero-order valence-corrected chi connectivity index (χ0v) is 18.0. The SMILES string of the molecule is O=C(O)CCCCC(=O)N(c1ccc(C(F)(F)F)cc1)c1nccc(-c2cccc(Cl)c2)n1. The van der Waals surface area contributed by atoms with Crippen LogP contribution in [0.15, 0.2) is 60.8 Å². The van der Waals surface area contributed by atoms with E-state index in [9.17, 15) is 22.8 Å². The maximum atomic E-state index is 13.0. The molecule has 33 heavy (non-hydrogen) atoms. The number of nitrogens with zero attached hydrogens (tertiary/aromatic N) is 3. The molecule has 1 aromatic heterocycles. The molecule has 0 spiro atoms. The van der Waals surface area contributed by atoms with Gasteiger partial charge in [-0.25, -0.2) is 14.9 Å². The van der Waals surface area contributed by atoms with E-state index in [1.54, 1.807) is 30.3 Å². The van der Waals surface area contributed by atoms with E-state index in [1.165, 1.54) is 18.3 Å². The number of aliphatic carboxylic acids is 1. The van der Waals surface area contributed by atoms with Crippen LogP contribution in [0, 0.1) is 0 Å². The van der Waals surface area contributed by atoms with Gasteiger partial charge in [-0.3, -0.25) is 9.59 Å². The average molecular weight is 478 g/mol. The van der Waals surface area contributed by atoms with Gasteiger partial charge in [-0.15, -0.1) is 0 Å². The summed E-state index contributed by atoms with van der Waals surface area (Å²) in [6, 6.07) is 12.6. The summed E-state index contributed by atoms with van der Waals surface area (Å²) < 4.78 is 38.9. The molecule has 1 heterocycles. The van der Waals surface area contributed by atoms with Crippen LogP contribution in [0.2, 0.25) is 5.02 Å². The highest BCUT2D eigenvalue weighted by Crippen LogP contribution is 2.32. The first-order valence-corrected chi connectivity index (χ1v) is 10.3. The third-order valence-electron chi connectivity index (χ3n) is 4.70. The molecule has 0 aliphatic heterocycles. The molecule has 2 aromatic carbocycles. The number of carbonyl (C=O) groups is 2. The molecule has 1 amide bonds. The van der Waals surface area contributed by atoms with Gasteiger partial charge in [-0.2, -0.15) is 13.2 Å². The predicted molar refractivity (Wildman–Crippen MR) is 117 cm³/mol. The Bertz CT molecular complexity index is 1140. The number of halogens is 4. The van der Waals surface area contributed by atoms with Crippen molar-refractivity contribution in [3.8, 4) is 11.3 Å². The molecule has 0 unspecified atom stereocenters. The second-order valence-electron chi connectivity index (χ2n) is 7.13. The van der Waals surface area contributed by atoms with Gasteiger partial charge in [0, 0.05) is 29.6 Å². The van der Waals surface area contributed by atoms with Gasteiger partial charge in [0.25, 0.3) is 0 Å². The molecule has 0 saturated heterocycles. The monoisotopic (exact) mass is 477 g/mol. The van der Waals surface area contributed by atoms with E-state index in [-0.39, 0.29) is 37.3 Å². The third kappa shape index (κ3) is 6.52. The highest BCUT2D eigenvalue weighted by molar-refractivity contribution is 6.30. The fourth-order valence-corrected chi connectivity index (χ4v) is 3.29. The number of benzene rings is 2. The number of carboxylic acid groups (broad SMARTS) is 1. The second kappa shape index (κ2) is 10.4. The highest BCUT2D eigenvalue weighted by atomic mass is 35.5. The fourth-order valence-electron chi connectivity index (χ4n) is 3.10. The lowest BCUT2D eigenvalue weighted by Gasteiger charge is -2.22. The molecule has 10 heteroatoms. The van der Waals surface area contributed by atoms with Crippen molar-refractivity contribution in [1.29, 1.82) is 0 Å². The Morgan fingerprint density at radius 2 is 1.70 bits per heavy atom. The zero-order valence-electron chi connectivity index (χ0n) is 17.2. The summed E-state index contributed by atoms with van der Waals surface area (Å²) in [5.41, 5.74) is 0.452. The fraction of sp³-hybridized carbons (Fsp3) is 0.217. The minimum absolute atomic E-state index is 0.0181. The molecule has 0 aliphatic carbocycles. The minimum atomic E-state index is -4.52. The molecule has 3 rings (SSSR count). The molecular formula is C23H19ClF3N3O3. The Kier molecular flexibility index (Phi) is 7.65. The van der Waals surface area contributed by atoms with Crippen LogP contribution in [0.5, 0.6) is 0 Å². The lowest BCUT2D eigenvalue weighted by molar-refractivity contribution is -0.138. The van der Waals surface area contributed by atoms with E-state index in [1.807, 2.05) is 0 Å². The van der Waals surface area contributed by atoms with Crippen LogP contribution in [0.3, 0.4) is 0 Å². The van der Waals surface area contributed by atoms with Crippen LogP contribution in [-0.2, 0) is 15.8 Å². The van der Waals surface area contributed by atoms with Gasteiger partial charge >= 0.3 is 12.1 Å². The van der Waals surface area contributed by atoms with Crippen LogP contribution < -0.4 is 4.90 Å². The number of anilines is 2. The molecule has 0 bridgehead atoms. The normalized spacial score (nSPS) is 11.3. The van der Waals surface area contributed by atoms with Crippen LogP contribution in [0.4, 0.5) is 24.8 Å². The van der Waals surface area contributed by atoms with E-state index in [0.717, 1.165) is 17.0 Å². The number of amides is 1. The molecule has 0 aliphatic rings. The maximum Gasteiger partial charge on any atom is 0.416 e. The van der Waals surface area contributed by atoms with Gasteiger partial charge in [0.2, 0.25) is 11.9 Å². The summed E-state index contributed by atoms with van der Waals surface area (Å²) >= 11 is 6.05. The zero-order chi connectivity index (χ0) is 24.0. The lowest BCUT2D eigenvalue weighted by atomic mass is 10.1. The largest absolute Gasteiger partial charge is 0.481 e. The van der Waals surface area contributed by atoms with Gasteiger partial charge in [0.15, 0.2) is 0 Å². The number of alkyl halides is 3. The second-order valence-corrected chi connectivity index (χ2v) is 7.56. The number of hydrogen-bond acceptors (Lipinski definition) is 4. The first-order valence-electron chi connectivity index (χ1n) is 9.96. The number of carboxylic acids is 1. The van der Waals surface area contributed by atoms with Gasteiger partial charge in [0.05, 0.1) is 16.9 Å². The summed E-state index contributed by atoms with van der Waals surface area (Å²) in [4.78, 5) is 33.5. The van der Waals surface area contributed by atoms with Gasteiger partial charge in [-0.05, 0) is 55.3 Å². The van der Waals surface area contributed by atoms with E-state index >= 15 is 0 Å². The molecule has 172 valence electrons. The smallest absolute Gasteiger partial charge is 0.416 e. The van der Waals surface area contributed by atoms with Crippen molar-refractivity contribution in [2.45, 2.75) is 31.9 Å². The maximum absolute atomic E-state index is 13.0. The predicted octanol–water partition coefficient (Wildman–Crippen LogP) is 6.13. The summed E-state index contributed by atoms with van der Waals surface area (Å²) in [5.74, 6) is -1.46. The third-order valence-corrected chi connectivity index (χ3v) is 4.93. The number of rotatable bonds is 8. The molecule has 1 N–H and O–H groups in total. The van der Waals surface area contributed by atoms with Crippen molar-refractivity contribution in [2.24, 2.45) is 0 Å². The quantitative estimate of drug-likeness (QED) is 0.395. The van der Waals surface area contributed by atoms with Gasteiger partial charge in [0.1, 0.15) is 0 Å². The van der Waals surface area contributed by atoms with Crippen molar-refractivity contribution >= 4 is 35.1 Å². The average Bonchev–Trinajstić information content (AvgIpc) is 2.77. The van der Waals surface area contributed by atoms with E-state index in [0.29, 0.717) is 16.3 Å². The Balaban J connectivity index is 1.95. The molecule has 0 atom stereocenters. The summed E-state index contributed by atoms with van der Waals surface area (Å²) in [7, 11) is 0. The molecular weight excluding hydrogens is 459 g/mol. The lowest BCUT2D eigenvalue weighted by Crippen LogP contribution is -2.27. The van der Waals surface area contributed by atoms with Crippen molar-refractivity contribution in [2.75, 3.05) is 4.90 Å². The van der Waals surface area contributed by atoms with Crippen molar-refractivity contribution in [3.63, 3.8) is 0 Å². The van der Waals surface area contributed by atoms with Crippen LogP contribution in [0.1, 0.15) is 31.2 Å². The van der Waals surface area contributed by atoms with Crippen molar-refractivity contribution in [1.82, 2.24) is 9.97 Å². The highest BCUT2D eigenvalue weighted by Gasteiger charge is 2.31. The first kappa shape index (κ1) is 24.2. The molecule has 0 saturated carbocycles. The molecule has 0 radical (unpaired) electrons. The Labute approximate surface area is 192 Å². The summed E-state index contributed by atoms with van der Waals surface area (Å²) in [5, 5.41) is 9.26. The molecule has 0 fully saturated rings. The van der Waals surface area contributed by atoms with E-state index < -0.39 is 23.6 Å². The Morgan fingerprint density at radius 3 is 2.33 bits per heavy atom. The summed E-state index contributed by atoms with van der Waals surface area (Å²) in [6.07, 6.45) is -2.63. The Morgan fingerprint density at radius 1 is 1.00 bits per heavy atom. The number of hydrogen-bond donors (Lipinski definition) is 1. The van der Waals surface area contributed by atoms with Crippen LogP contribution >= 0.6 is 11.6 Å².